The lowest BCUT2D eigenvalue weighted by molar-refractivity contribution is 0.989. The number of halogens is 1. The van der Waals surface area contributed by atoms with Crippen molar-refractivity contribution in [1.82, 2.24) is 14.4 Å². The Bertz CT molecular complexity index is 1270. The highest BCUT2D eigenvalue weighted by Crippen LogP contribution is 2.46. The first kappa shape index (κ1) is 17.0. The lowest BCUT2D eigenvalue weighted by atomic mass is 10.1. The summed E-state index contributed by atoms with van der Waals surface area (Å²) < 4.78 is 2.17. The van der Waals surface area contributed by atoms with Crippen molar-refractivity contribution in [3.8, 4) is 11.3 Å². The van der Waals surface area contributed by atoms with E-state index in [9.17, 15) is 0 Å². The Labute approximate surface area is 167 Å². The first-order valence-electron chi connectivity index (χ1n) is 9.19. The molecule has 4 aromatic rings. The summed E-state index contributed by atoms with van der Waals surface area (Å²) in [5, 5.41) is 9.20. The molecule has 5 rings (SSSR count). The lowest BCUT2D eigenvalue weighted by Gasteiger charge is -2.07. The Morgan fingerprint density at radius 2 is 2.07 bits per heavy atom. The van der Waals surface area contributed by atoms with Crippen molar-refractivity contribution in [3.63, 3.8) is 0 Å². The predicted octanol–water partition coefficient (Wildman–Crippen LogP) is 5.03. The number of rotatable bonds is 4. The van der Waals surface area contributed by atoms with Gasteiger partial charge in [0.15, 0.2) is 0 Å². The fourth-order valence-corrected chi connectivity index (χ4v) is 3.93. The second-order valence-electron chi connectivity index (χ2n) is 7.03. The molecule has 1 aliphatic carbocycles. The van der Waals surface area contributed by atoms with E-state index in [0.29, 0.717) is 16.5 Å². The molecule has 6 heteroatoms. The predicted molar refractivity (Wildman–Crippen MR) is 114 cm³/mol. The molecule has 0 amide bonds. The number of imidazole rings is 1. The van der Waals surface area contributed by atoms with Gasteiger partial charge in [-0.2, -0.15) is 0 Å². The standard InChI is InChI=1S/C22H18ClN5/c23-18-4-2-1-3-16(18)20-21(13-5-6-13)28-8-7-19-17(22(28)27-20)9-14(12-26-19)15(10-24)11-25/h1-4,7-13,24H,5-6,25H2/b15-11+,24-10?. The second-order valence-corrected chi connectivity index (χ2v) is 7.44. The zero-order chi connectivity index (χ0) is 19.3. The first-order valence-corrected chi connectivity index (χ1v) is 9.57. The van der Waals surface area contributed by atoms with E-state index in [1.165, 1.54) is 18.1 Å². The molecule has 138 valence electrons. The van der Waals surface area contributed by atoms with Gasteiger partial charge in [-0.1, -0.05) is 29.8 Å². The van der Waals surface area contributed by atoms with Gasteiger partial charge in [0.25, 0.3) is 0 Å². The number of fused-ring (bicyclic) bond motifs is 3. The minimum atomic E-state index is 0.496. The van der Waals surface area contributed by atoms with Crippen LogP contribution in [0.4, 0.5) is 0 Å². The van der Waals surface area contributed by atoms with Gasteiger partial charge < -0.3 is 15.5 Å². The van der Waals surface area contributed by atoms with Gasteiger partial charge in [0.05, 0.1) is 21.9 Å². The van der Waals surface area contributed by atoms with Gasteiger partial charge in [-0.15, -0.1) is 0 Å². The third kappa shape index (κ3) is 2.59. The molecular weight excluding hydrogens is 370 g/mol. The molecule has 0 bridgehead atoms. The molecule has 0 atom stereocenters. The highest BCUT2D eigenvalue weighted by molar-refractivity contribution is 6.33. The molecule has 0 unspecified atom stereocenters. The summed E-state index contributed by atoms with van der Waals surface area (Å²) in [5.74, 6) is 0.496. The van der Waals surface area contributed by atoms with Crippen LogP contribution in [0.3, 0.4) is 0 Å². The van der Waals surface area contributed by atoms with Crippen LogP contribution in [0.15, 0.2) is 55.0 Å². The number of hydrogen-bond acceptors (Lipinski definition) is 4. The maximum absolute atomic E-state index is 7.57. The molecule has 0 saturated heterocycles. The third-order valence-corrected chi connectivity index (χ3v) is 5.58. The maximum Gasteiger partial charge on any atom is 0.147 e. The Balaban J connectivity index is 1.84. The van der Waals surface area contributed by atoms with E-state index in [1.54, 1.807) is 6.20 Å². The number of nitrogens with two attached hydrogens (primary N) is 1. The van der Waals surface area contributed by atoms with Crippen molar-refractivity contribution in [2.45, 2.75) is 18.8 Å². The highest BCUT2D eigenvalue weighted by atomic mass is 35.5. The summed E-state index contributed by atoms with van der Waals surface area (Å²) in [5.41, 5.74) is 11.9. The monoisotopic (exact) mass is 387 g/mol. The lowest BCUT2D eigenvalue weighted by Crippen LogP contribution is -1.96. The van der Waals surface area contributed by atoms with Crippen LogP contribution in [0.1, 0.15) is 30.0 Å². The minimum absolute atomic E-state index is 0.496. The average Bonchev–Trinajstić information content (AvgIpc) is 3.48. The largest absolute Gasteiger partial charge is 0.404 e. The highest BCUT2D eigenvalue weighted by Gasteiger charge is 2.31. The number of nitrogens with zero attached hydrogens (tertiary/aromatic N) is 3. The summed E-state index contributed by atoms with van der Waals surface area (Å²) in [6, 6.07) is 11.8. The van der Waals surface area contributed by atoms with Crippen LogP contribution in [-0.2, 0) is 0 Å². The minimum Gasteiger partial charge on any atom is -0.404 e. The fraction of sp³-hybridized carbons (Fsp3) is 0.136. The van der Waals surface area contributed by atoms with Crippen LogP contribution in [0, 0.1) is 5.41 Å². The van der Waals surface area contributed by atoms with E-state index in [0.717, 1.165) is 46.2 Å². The molecule has 3 heterocycles. The third-order valence-electron chi connectivity index (χ3n) is 5.25. The summed E-state index contributed by atoms with van der Waals surface area (Å²) >= 11 is 6.50. The maximum atomic E-state index is 7.57. The zero-order valence-corrected chi connectivity index (χ0v) is 15.8. The summed E-state index contributed by atoms with van der Waals surface area (Å²) in [7, 11) is 0. The number of nitrogens with one attached hydrogen (secondary N) is 1. The molecule has 1 aliphatic rings. The molecule has 5 nitrogen and oxygen atoms in total. The second kappa shape index (κ2) is 6.46. The van der Waals surface area contributed by atoms with Gasteiger partial charge >= 0.3 is 0 Å². The van der Waals surface area contributed by atoms with E-state index < -0.39 is 0 Å². The van der Waals surface area contributed by atoms with E-state index in [-0.39, 0.29) is 0 Å². The van der Waals surface area contributed by atoms with Gasteiger partial charge in [0.2, 0.25) is 0 Å². The molecule has 0 radical (unpaired) electrons. The molecule has 28 heavy (non-hydrogen) atoms. The molecule has 1 fully saturated rings. The van der Waals surface area contributed by atoms with Crippen molar-refractivity contribution >= 4 is 39.9 Å². The van der Waals surface area contributed by atoms with E-state index in [2.05, 4.69) is 9.38 Å². The molecule has 1 aromatic carbocycles. The van der Waals surface area contributed by atoms with Crippen molar-refractivity contribution in [3.05, 3.63) is 71.3 Å². The van der Waals surface area contributed by atoms with E-state index in [4.69, 9.17) is 27.7 Å². The molecule has 0 spiro atoms. The molecule has 3 aromatic heterocycles. The van der Waals surface area contributed by atoms with E-state index >= 15 is 0 Å². The van der Waals surface area contributed by atoms with Gasteiger partial charge in [-0.25, -0.2) is 4.98 Å². The number of allylic oxidation sites excluding steroid dienone is 1. The summed E-state index contributed by atoms with van der Waals surface area (Å²) in [6.45, 7) is 0. The Morgan fingerprint density at radius 1 is 1.25 bits per heavy atom. The van der Waals surface area contributed by atoms with Crippen molar-refractivity contribution < 1.29 is 0 Å². The fourth-order valence-electron chi connectivity index (χ4n) is 3.70. The Kier molecular flexibility index (Phi) is 3.91. The van der Waals surface area contributed by atoms with Gasteiger partial charge in [0.1, 0.15) is 5.65 Å². The smallest absolute Gasteiger partial charge is 0.147 e. The van der Waals surface area contributed by atoms with Crippen LogP contribution in [0.5, 0.6) is 0 Å². The van der Waals surface area contributed by atoms with Gasteiger partial charge in [-0.05, 0) is 31.0 Å². The first-order chi connectivity index (χ1) is 13.7. The number of hydrogen-bond donors (Lipinski definition) is 2. The normalized spacial score (nSPS) is 14.7. The van der Waals surface area contributed by atoms with Crippen molar-refractivity contribution in [2.24, 2.45) is 5.73 Å². The SMILES string of the molecule is N=C/C(=C\N)c1cnc2ccn3c(C4CC4)c(-c4ccccc4Cl)nc3c2c1. The summed E-state index contributed by atoms with van der Waals surface area (Å²) in [4.78, 5) is 9.57. The van der Waals surface area contributed by atoms with Gasteiger partial charge in [0, 0.05) is 52.8 Å². The summed E-state index contributed by atoms with van der Waals surface area (Å²) in [6.07, 6.45) is 8.76. The van der Waals surface area contributed by atoms with Crippen LogP contribution >= 0.6 is 11.6 Å². The topological polar surface area (TPSA) is 80.1 Å². The zero-order valence-electron chi connectivity index (χ0n) is 15.1. The van der Waals surface area contributed by atoms with Crippen LogP contribution in [0.25, 0.3) is 33.4 Å². The number of pyridine rings is 2. The van der Waals surface area contributed by atoms with Crippen LogP contribution < -0.4 is 5.73 Å². The average molecular weight is 388 g/mol. The Hall–Kier alpha value is -3.18. The molecule has 1 saturated carbocycles. The van der Waals surface area contributed by atoms with Crippen LogP contribution in [-0.4, -0.2) is 20.6 Å². The van der Waals surface area contributed by atoms with Crippen LogP contribution in [0.2, 0.25) is 5.02 Å². The van der Waals surface area contributed by atoms with Crippen molar-refractivity contribution in [1.29, 1.82) is 5.41 Å². The quantitative estimate of drug-likeness (QED) is 0.482. The molecular formula is C22H18ClN5. The number of benzene rings is 1. The number of aromatic nitrogens is 3. The van der Waals surface area contributed by atoms with Crippen molar-refractivity contribution in [2.75, 3.05) is 0 Å². The molecule has 0 aliphatic heterocycles. The Morgan fingerprint density at radius 3 is 2.79 bits per heavy atom. The van der Waals surface area contributed by atoms with E-state index in [1.807, 2.05) is 42.6 Å². The molecule has 3 N–H and O–H groups in total. The van der Waals surface area contributed by atoms with Gasteiger partial charge in [-0.3, -0.25) is 4.98 Å².